The molecule has 0 rings (SSSR count). The van der Waals surface area contributed by atoms with Crippen molar-refractivity contribution in [3.05, 3.63) is 5.41 Å². The molecule has 0 amide bonds. The molecule has 0 aliphatic heterocycles. The van der Waals surface area contributed by atoms with Gasteiger partial charge in [0.05, 0.1) is 0 Å². The largest absolute Gasteiger partial charge is 0.753 e. The van der Waals surface area contributed by atoms with Gasteiger partial charge in [0.2, 0.25) is 0 Å². The molecule has 0 aliphatic rings. The summed E-state index contributed by atoms with van der Waals surface area (Å²) in [6, 6.07) is 0. The molecule has 3 heteroatoms. The van der Waals surface area contributed by atoms with E-state index < -0.39 is 0 Å². The Morgan fingerprint density at radius 2 is 1.75 bits per heavy atom. The molecule has 0 aliphatic carbocycles. The van der Waals surface area contributed by atoms with Gasteiger partial charge in [-0.15, -0.1) is 0 Å². The molecule has 0 heterocycles. The third-order valence-electron chi connectivity index (χ3n) is 0. The molecule has 0 fully saturated rings. The molecular weight excluding hydrogens is 244 g/mol. The van der Waals surface area contributed by atoms with E-state index in [1.807, 2.05) is 0 Å². The van der Waals surface area contributed by atoms with Gasteiger partial charge in [-0.3, -0.25) is 0 Å². The summed E-state index contributed by atoms with van der Waals surface area (Å²) in [6.07, 6.45) is 0. The van der Waals surface area contributed by atoms with Gasteiger partial charge in [0.1, 0.15) is 0 Å². The van der Waals surface area contributed by atoms with Crippen LogP contribution in [0, 0.1) is 0 Å². The number of rotatable bonds is 0. The van der Waals surface area contributed by atoms with Crippen LogP contribution in [0.15, 0.2) is 0 Å². The van der Waals surface area contributed by atoms with Crippen molar-refractivity contribution >= 4 is 17.4 Å². The summed E-state index contributed by atoms with van der Waals surface area (Å²) < 4.78 is 0. The van der Waals surface area contributed by atoms with Crippen molar-refractivity contribution < 1.29 is 20.4 Å². The summed E-state index contributed by atoms with van der Waals surface area (Å²) in [5.74, 6) is 0. The van der Waals surface area contributed by atoms with Crippen LogP contribution in [0.2, 0.25) is 0 Å². The van der Waals surface area contributed by atoms with Gasteiger partial charge in [-0.2, -0.15) is 5.16 Å². The molecule has 0 unspecified atom stereocenters. The molecule has 0 bridgehead atoms. The molecular formula is CNReS-. The van der Waals surface area contributed by atoms with E-state index in [1.54, 1.807) is 0 Å². The number of thiocarbonyl (C=S) groups is 1. The first-order valence-electron chi connectivity index (χ1n) is 0.428. The molecule has 0 N–H and O–H groups in total. The fourth-order valence-corrected chi connectivity index (χ4v) is 0. The van der Waals surface area contributed by atoms with Crippen molar-refractivity contribution in [2.45, 2.75) is 0 Å². The SMILES string of the molecule is [N-]=C=S.[Re]. The zero-order chi connectivity index (χ0) is 2.71. The van der Waals surface area contributed by atoms with E-state index in [2.05, 4.69) is 12.2 Å². The van der Waals surface area contributed by atoms with Gasteiger partial charge in [-0.25, -0.2) is 0 Å². The van der Waals surface area contributed by atoms with E-state index in [9.17, 15) is 0 Å². The Kier molecular flexibility index (Phi) is 21.7. The first-order chi connectivity index (χ1) is 1.41. The maximum absolute atomic E-state index is 7.13. The summed E-state index contributed by atoms with van der Waals surface area (Å²) >= 11 is 3.70. The van der Waals surface area contributed by atoms with Crippen molar-refractivity contribution in [3.8, 4) is 0 Å². The zero-order valence-corrected chi connectivity index (χ0v) is 5.27. The average molecular weight is 244 g/mol. The topological polar surface area (TPSA) is 22.3 Å². The van der Waals surface area contributed by atoms with Crippen molar-refractivity contribution in [1.29, 1.82) is 0 Å². The third kappa shape index (κ3) is 24.6. The number of hydrogen-bond acceptors (Lipinski definition) is 1. The van der Waals surface area contributed by atoms with Crippen molar-refractivity contribution in [1.82, 2.24) is 0 Å². The summed E-state index contributed by atoms with van der Waals surface area (Å²) in [7, 11) is 0. The molecule has 0 saturated carbocycles. The van der Waals surface area contributed by atoms with Crippen LogP contribution in [0.3, 0.4) is 0 Å². The minimum Gasteiger partial charge on any atom is -0.753 e. The van der Waals surface area contributed by atoms with Crippen LogP contribution in [-0.4, -0.2) is 5.16 Å². The van der Waals surface area contributed by atoms with E-state index in [1.165, 1.54) is 5.16 Å². The number of nitrogens with zero attached hydrogens (tertiary/aromatic N) is 1. The molecule has 1 nitrogen and oxygen atoms in total. The maximum atomic E-state index is 7.13. The second-order valence-electron chi connectivity index (χ2n) is 0.0913. The van der Waals surface area contributed by atoms with Crippen LogP contribution in [0.1, 0.15) is 0 Å². The van der Waals surface area contributed by atoms with E-state index >= 15 is 0 Å². The molecule has 1 radical (unpaired) electrons. The Balaban J connectivity index is 0. The second-order valence-corrected chi connectivity index (χ2v) is 0.274. The van der Waals surface area contributed by atoms with Gasteiger partial charge in [0.25, 0.3) is 0 Å². The molecule has 23 valence electrons. The first kappa shape index (κ1) is 8.82. The van der Waals surface area contributed by atoms with Crippen LogP contribution < -0.4 is 0 Å². The standard InChI is InChI=1S/CNS.Re/c2-1-3;/q-1;. The van der Waals surface area contributed by atoms with Crippen molar-refractivity contribution in [3.63, 3.8) is 0 Å². The average Bonchev–Trinajstić information content (AvgIpc) is 0.918. The fourth-order valence-electron chi connectivity index (χ4n) is 0. The molecule has 0 aromatic heterocycles. The Hall–Kier alpha value is 0.462. The van der Waals surface area contributed by atoms with E-state index in [0.717, 1.165) is 0 Å². The summed E-state index contributed by atoms with van der Waals surface area (Å²) in [5.41, 5.74) is 0. The Morgan fingerprint density at radius 3 is 1.75 bits per heavy atom. The maximum Gasteiger partial charge on any atom is 0 e. The van der Waals surface area contributed by atoms with E-state index in [-0.39, 0.29) is 20.4 Å². The predicted octanol–water partition coefficient (Wildman–Crippen LogP) is 0.656. The van der Waals surface area contributed by atoms with Crippen LogP contribution in [0.4, 0.5) is 0 Å². The van der Waals surface area contributed by atoms with Gasteiger partial charge >= 0.3 is 0 Å². The quantitative estimate of drug-likeness (QED) is 0.453. The molecule has 0 aromatic rings. The number of hydrogen-bond donors (Lipinski definition) is 0. The van der Waals surface area contributed by atoms with E-state index in [4.69, 9.17) is 5.41 Å². The van der Waals surface area contributed by atoms with Crippen LogP contribution in [0.5, 0.6) is 0 Å². The second kappa shape index (κ2) is 9.82. The Labute approximate surface area is 43.6 Å². The van der Waals surface area contributed by atoms with Gasteiger partial charge in [0.15, 0.2) is 0 Å². The van der Waals surface area contributed by atoms with Gasteiger partial charge in [-0.05, 0) is 0 Å². The molecule has 0 spiro atoms. The van der Waals surface area contributed by atoms with Crippen LogP contribution in [-0.2, 0) is 20.4 Å². The monoisotopic (exact) mass is 245 g/mol. The van der Waals surface area contributed by atoms with Crippen molar-refractivity contribution in [2.24, 2.45) is 0 Å². The summed E-state index contributed by atoms with van der Waals surface area (Å²) in [4.78, 5) is 0. The minimum absolute atomic E-state index is 0. The minimum atomic E-state index is 0. The molecule has 0 saturated heterocycles. The first-order valence-corrected chi connectivity index (χ1v) is 0.836. The number of isothiocyanates is 1. The van der Waals surface area contributed by atoms with Gasteiger partial charge in [-0.1, -0.05) is 12.2 Å². The van der Waals surface area contributed by atoms with Crippen LogP contribution in [0.25, 0.3) is 5.41 Å². The Morgan fingerprint density at radius 1 is 1.75 bits per heavy atom. The zero-order valence-electron chi connectivity index (χ0n) is 1.73. The fraction of sp³-hybridized carbons (Fsp3) is 0. The van der Waals surface area contributed by atoms with Crippen LogP contribution >= 0.6 is 12.2 Å². The smallest absolute Gasteiger partial charge is 0 e. The van der Waals surface area contributed by atoms with Gasteiger partial charge in [0, 0.05) is 20.4 Å². The van der Waals surface area contributed by atoms with Gasteiger partial charge < -0.3 is 5.41 Å². The van der Waals surface area contributed by atoms with E-state index in [0.29, 0.717) is 0 Å². The predicted molar refractivity (Wildman–Crippen MR) is 16.0 cm³/mol. The third-order valence-corrected chi connectivity index (χ3v) is 0. The summed E-state index contributed by atoms with van der Waals surface area (Å²) in [6.45, 7) is 0. The van der Waals surface area contributed by atoms with Crippen molar-refractivity contribution in [2.75, 3.05) is 0 Å². The summed E-state index contributed by atoms with van der Waals surface area (Å²) in [5, 5.41) is 8.47. The normalized spacial score (nSPS) is 2.00. The molecule has 0 aromatic carbocycles. The molecule has 4 heavy (non-hydrogen) atoms. The Bertz CT molecular complexity index is 29.0. The molecule has 0 atom stereocenters.